The van der Waals surface area contributed by atoms with Crippen LogP contribution in [0.1, 0.15) is 10.4 Å². The standard InChI is InChI=1S/C9H9NO3/c1-10-5-9(13)6-2-3-7(11)8(12)4-6/h2-4,11-12H,1,5H2. The molecule has 13 heavy (non-hydrogen) atoms. The maximum absolute atomic E-state index is 11.2. The minimum Gasteiger partial charge on any atom is -0.504 e. The molecule has 4 nitrogen and oxygen atoms in total. The van der Waals surface area contributed by atoms with Crippen LogP contribution in [0.5, 0.6) is 11.5 Å². The fourth-order valence-corrected chi connectivity index (χ4v) is 0.890. The highest BCUT2D eigenvalue weighted by molar-refractivity contribution is 5.98. The van der Waals surface area contributed by atoms with Gasteiger partial charge in [-0.3, -0.25) is 9.79 Å². The number of ketones is 1. The largest absolute Gasteiger partial charge is 0.504 e. The van der Waals surface area contributed by atoms with E-state index in [1.807, 2.05) is 0 Å². The number of benzene rings is 1. The minimum absolute atomic E-state index is 0.0236. The third-order valence-corrected chi connectivity index (χ3v) is 1.55. The fraction of sp³-hybridized carbons (Fsp3) is 0.111. The number of rotatable bonds is 3. The van der Waals surface area contributed by atoms with Crippen LogP contribution in [-0.2, 0) is 0 Å². The van der Waals surface area contributed by atoms with Gasteiger partial charge < -0.3 is 10.2 Å². The van der Waals surface area contributed by atoms with Crippen molar-refractivity contribution in [2.45, 2.75) is 0 Å². The van der Waals surface area contributed by atoms with Crippen LogP contribution in [0.15, 0.2) is 23.2 Å². The van der Waals surface area contributed by atoms with E-state index in [9.17, 15) is 4.79 Å². The molecule has 0 spiro atoms. The average molecular weight is 179 g/mol. The van der Waals surface area contributed by atoms with Gasteiger partial charge in [-0.1, -0.05) is 0 Å². The molecule has 4 heteroatoms. The number of phenols is 2. The van der Waals surface area contributed by atoms with Crippen LogP contribution in [0.3, 0.4) is 0 Å². The Balaban J connectivity index is 2.96. The van der Waals surface area contributed by atoms with Gasteiger partial charge in [0.15, 0.2) is 17.3 Å². The number of Topliss-reactive ketones (excluding diaryl/α,β-unsaturated/α-hetero) is 1. The quantitative estimate of drug-likeness (QED) is 0.413. The van der Waals surface area contributed by atoms with Crippen LogP contribution >= 0.6 is 0 Å². The highest BCUT2D eigenvalue weighted by Crippen LogP contribution is 2.24. The third kappa shape index (κ3) is 2.05. The van der Waals surface area contributed by atoms with Crippen molar-refractivity contribution in [3.63, 3.8) is 0 Å². The van der Waals surface area contributed by atoms with Gasteiger partial charge in [-0.15, -0.1) is 0 Å². The number of hydrogen-bond acceptors (Lipinski definition) is 4. The molecule has 0 saturated carbocycles. The van der Waals surface area contributed by atoms with Crippen molar-refractivity contribution in [2.75, 3.05) is 6.54 Å². The van der Waals surface area contributed by atoms with E-state index < -0.39 is 0 Å². The van der Waals surface area contributed by atoms with Crippen molar-refractivity contribution in [3.8, 4) is 11.5 Å². The van der Waals surface area contributed by atoms with Gasteiger partial charge in [0.1, 0.15) is 6.54 Å². The molecule has 0 saturated heterocycles. The summed E-state index contributed by atoms with van der Waals surface area (Å²) >= 11 is 0. The lowest BCUT2D eigenvalue weighted by Gasteiger charge is -2.00. The molecular weight excluding hydrogens is 170 g/mol. The number of carbonyl (C=O) groups is 1. The zero-order chi connectivity index (χ0) is 9.84. The predicted molar refractivity (Wildman–Crippen MR) is 48.5 cm³/mol. The van der Waals surface area contributed by atoms with Gasteiger partial charge in [-0.2, -0.15) is 0 Å². The zero-order valence-corrected chi connectivity index (χ0v) is 6.90. The lowest BCUT2D eigenvalue weighted by atomic mass is 10.1. The van der Waals surface area contributed by atoms with Gasteiger partial charge in [-0.25, -0.2) is 0 Å². The van der Waals surface area contributed by atoms with Crippen molar-refractivity contribution in [1.29, 1.82) is 0 Å². The molecule has 0 unspecified atom stereocenters. The summed E-state index contributed by atoms with van der Waals surface area (Å²) in [6.45, 7) is 3.16. The first-order valence-electron chi connectivity index (χ1n) is 3.63. The van der Waals surface area contributed by atoms with Gasteiger partial charge in [0.2, 0.25) is 0 Å². The van der Waals surface area contributed by atoms with E-state index in [-0.39, 0.29) is 23.8 Å². The molecule has 0 aliphatic heterocycles. The Kier molecular flexibility index (Phi) is 2.64. The summed E-state index contributed by atoms with van der Waals surface area (Å²) in [7, 11) is 0. The normalized spacial score (nSPS) is 9.54. The molecule has 0 bridgehead atoms. The van der Waals surface area contributed by atoms with Gasteiger partial charge in [0.25, 0.3) is 0 Å². The van der Waals surface area contributed by atoms with Crippen LogP contribution < -0.4 is 0 Å². The SMILES string of the molecule is C=NCC(=O)c1ccc(O)c(O)c1. The molecular formula is C9H9NO3. The van der Waals surface area contributed by atoms with Crippen LogP contribution in [0.25, 0.3) is 0 Å². The van der Waals surface area contributed by atoms with Crippen molar-refractivity contribution >= 4 is 12.5 Å². The Labute approximate surface area is 75.2 Å². The number of aliphatic imine (C=N–C) groups is 1. The number of phenolic OH excluding ortho intramolecular Hbond substituents is 2. The molecule has 2 N–H and O–H groups in total. The van der Waals surface area contributed by atoms with E-state index in [2.05, 4.69) is 11.7 Å². The molecule has 0 aliphatic rings. The molecule has 0 fully saturated rings. The van der Waals surface area contributed by atoms with Gasteiger partial charge in [0.05, 0.1) is 0 Å². The predicted octanol–water partition coefficient (Wildman–Crippen LogP) is 0.981. The Morgan fingerprint density at radius 2 is 2.08 bits per heavy atom. The first-order chi connectivity index (χ1) is 6.15. The zero-order valence-electron chi connectivity index (χ0n) is 6.90. The highest BCUT2D eigenvalue weighted by Gasteiger charge is 2.07. The lowest BCUT2D eigenvalue weighted by Crippen LogP contribution is -2.02. The minimum atomic E-state index is -0.310. The molecule has 0 atom stereocenters. The topological polar surface area (TPSA) is 69.9 Å². The lowest BCUT2D eigenvalue weighted by molar-refractivity contribution is 0.100. The van der Waals surface area contributed by atoms with Gasteiger partial charge >= 0.3 is 0 Å². The molecule has 0 aliphatic carbocycles. The van der Waals surface area contributed by atoms with E-state index in [0.717, 1.165) is 0 Å². The molecule has 1 rings (SSSR count). The second kappa shape index (κ2) is 3.71. The maximum Gasteiger partial charge on any atom is 0.184 e. The van der Waals surface area contributed by atoms with Crippen LogP contribution in [-0.4, -0.2) is 29.3 Å². The van der Waals surface area contributed by atoms with Crippen molar-refractivity contribution in [1.82, 2.24) is 0 Å². The highest BCUT2D eigenvalue weighted by atomic mass is 16.3. The summed E-state index contributed by atoms with van der Waals surface area (Å²) in [5, 5.41) is 18.0. The summed E-state index contributed by atoms with van der Waals surface area (Å²) in [5.41, 5.74) is 0.308. The monoisotopic (exact) mass is 179 g/mol. The molecule has 0 radical (unpaired) electrons. The van der Waals surface area contributed by atoms with Gasteiger partial charge in [0, 0.05) is 5.56 Å². The van der Waals surface area contributed by atoms with Crippen LogP contribution in [0, 0.1) is 0 Å². The summed E-state index contributed by atoms with van der Waals surface area (Å²) in [6, 6.07) is 3.87. The molecule has 68 valence electrons. The molecule has 1 aromatic carbocycles. The van der Waals surface area contributed by atoms with E-state index in [0.29, 0.717) is 5.56 Å². The van der Waals surface area contributed by atoms with Gasteiger partial charge in [-0.05, 0) is 24.9 Å². The van der Waals surface area contributed by atoms with Crippen LogP contribution in [0.2, 0.25) is 0 Å². The number of aromatic hydroxyl groups is 2. The Morgan fingerprint density at radius 1 is 1.38 bits per heavy atom. The number of carbonyl (C=O) groups excluding carboxylic acids is 1. The van der Waals surface area contributed by atoms with Crippen molar-refractivity contribution in [2.24, 2.45) is 4.99 Å². The summed E-state index contributed by atoms with van der Waals surface area (Å²) < 4.78 is 0. The average Bonchev–Trinajstić information content (AvgIpc) is 2.10. The fourth-order valence-electron chi connectivity index (χ4n) is 0.890. The van der Waals surface area contributed by atoms with Crippen molar-refractivity contribution in [3.05, 3.63) is 23.8 Å². The van der Waals surface area contributed by atoms with E-state index in [1.54, 1.807) is 0 Å². The maximum atomic E-state index is 11.2. The van der Waals surface area contributed by atoms with Crippen LogP contribution in [0.4, 0.5) is 0 Å². The first-order valence-corrected chi connectivity index (χ1v) is 3.63. The summed E-state index contributed by atoms with van der Waals surface area (Å²) in [5.74, 6) is -0.802. The number of nitrogens with zero attached hydrogens (tertiary/aromatic N) is 1. The molecule has 1 aromatic rings. The van der Waals surface area contributed by atoms with E-state index in [1.165, 1.54) is 18.2 Å². The Bertz CT molecular complexity index is 347. The first kappa shape index (κ1) is 9.25. The Morgan fingerprint density at radius 3 is 2.62 bits per heavy atom. The second-order valence-corrected chi connectivity index (χ2v) is 2.51. The molecule has 0 aromatic heterocycles. The second-order valence-electron chi connectivity index (χ2n) is 2.51. The van der Waals surface area contributed by atoms with E-state index >= 15 is 0 Å². The summed E-state index contributed by atoms with van der Waals surface area (Å²) in [6.07, 6.45) is 0. The Hall–Kier alpha value is -1.84. The smallest absolute Gasteiger partial charge is 0.184 e. The van der Waals surface area contributed by atoms with E-state index in [4.69, 9.17) is 10.2 Å². The van der Waals surface area contributed by atoms with Crippen molar-refractivity contribution < 1.29 is 15.0 Å². The molecule has 0 heterocycles. The number of hydrogen-bond donors (Lipinski definition) is 2. The molecule has 0 amide bonds. The third-order valence-electron chi connectivity index (χ3n) is 1.55. The summed E-state index contributed by atoms with van der Waals surface area (Å²) in [4.78, 5) is 14.6.